The van der Waals surface area contributed by atoms with Crippen molar-refractivity contribution in [2.45, 2.75) is 12.5 Å². The van der Waals surface area contributed by atoms with Crippen LogP contribution in [0.2, 0.25) is 0 Å². The van der Waals surface area contributed by atoms with Crippen molar-refractivity contribution >= 4 is 17.7 Å². The number of furan rings is 1. The van der Waals surface area contributed by atoms with Crippen molar-refractivity contribution in [2.75, 3.05) is 26.2 Å². The van der Waals surface area contributed by atoms with Gasteiger partial charge in [0.15, 0.2) is 0 Å². The fourth-order valence-corrected chi connectivity index (χ4v) is 2.95. The third-order valence-electron chi connectivity index (χ3n) is 4.31. The average Bonchev–Trinajstić information content (AvgIpc) is 3.15. The van der Waals surface area contributed by atoms with Crippen LogP contribution in [0.15, 0.2) is 34.7 Å². The maximum atomic E-state index is 12.4. The van der Waals surface area contributed by atoms with Crippen LogP contribution in [-0.4, -0.2) is 49.1 Å². The molecule has 1 saturated heterocycles. The minimum absolute atomic E-state index is 0.0602. The number of ether oxygens (including phenoxy) is 1. The summed E-state index contributed by atoms with van der Waals surface area (Å²) in [5.74, 6) is -2.16. The molecule has 148 valence electrons. The van der Waals surface area contributed by atoms with Crippen molar-refractivity contribution in [3.05, 3.63) is 51.8 Å². The molecule has 0 saturated carbocycles. The first-order valence-electron chi connectivity index (χ1n) is 8.74. The number of nitrogens with two attached hydrogens (primary N) is 1. The molecular formula is C18H20N4O6. The van der Waals surface area contributed by atoms with Gasteiger partial charge in [0.05, 0.1) is 18.8 Å². The highest BCUT2D eigenvalue weighted by Crippen LogP contribution is 2.31. The number of carbonyl (C=O) groups excluding carboxylic acids is 2. The standard InChI is InChI=1S/C18H20N4O6/c19-17(23)16-14(9-15(28-16)22(25)26)11-2-1-3-12(8-11)18(24)21-5-4-13-10-20-6-7-27-13/h1-3,8-9,13,20H,4-7,10H2,(H2,19,23)(H,21,24). The number of amides is 2. The molecule has 2 heterocycles. The van der Waals surface area contributed by atoms with Gasteiger partial charge in [0.1, 0.15) is 4.92 Å². The van der Waals surface area contributed by atoms with Crippen molar-refractivity contribution in [3.63, 3.8) is 0 Å². The van der Waals surface area contributed by atoms with Crippen LogP contribution in [0.5, 0.6) is 0 Å². The fourth-order valence-electron chi connectivity index (χ4n) is 2.95. The van der Waals surface area contributed by atoms with E-state index >= 15 is 0 Å². The number of primary amides is 1. The molecule has 1 aliphatic heterocycles. The number of hydrogen-bond donors (Lipinski definition) is 3. The highest BCUT2D eigenvalue weighted by molar-refractivity contribution is 5.99. The molecule has 1 aromatic heterocycles. The lowest BCUT2D eigenvalue weighted by molar-refractivity contribution is -0.402. The molecule has 10 nitrogen and oxygen atoms in total. The summed E-state index contributed by atoms with van der Waals surface area (Å²) in [6.07, 6.45) is 0.739. The van der Waals surface area contributed by atoms with Crippen molar-refractivity contribution in [3.8, 4) is 11.1 Å². The van der Waals surface area contributed by atoms with Crippen LogP contribution in [0, 0.1) is 10.1 Å². The summed E-state index contributed by atoms with van der Waals surface area (Å²) in [4.78, 5) is 34.1. The second kappa shape index (κ2) is 8.63. The largest absolute Gasteiger partial charge is 0.434 e. The predicted octanol–water partition coefficient (Wildman–Crippen LogP) is 1.06. The Bertz CT molecular complexity index is 888. The SMILES string of the molecule is NC(=O)c1oc([N+](=O)[O-])cc1-c1cccc(C(=O)NCCC2CNCCO2)c1. The van der Waals surface area contributed by atoms with Gasteiger partial charge in [0.2, 0.25) is 5.76 Å². The van der Waals surface area contributed by atoms with Crippen LogP contribution in [0.1, 0.15) is 27.3 Å². The number of hydrogen-bond acceptors (Lipinski definition) is 7. The molecule has 0 spiro atoms. The Morgan fingerprint density at radius 3 is 2.86 bits per heavy atom. The Kier molecular flexibility index (Phi) is 6.02. The smallest absolute Gasteiger partial charge is 0.395 e. The molecule has 1 unspecified atom stereocenters. The third kappa shape index (κ3) is 4.53. The van der Waals surface area contributed by atoms with E-state index in [4.69, 9.17) is 14.9 Å². The first-order valence-corrected chi connectivity index (χ1v) is 8.74. The van der Waals surface area contributed by atoms with E-state index in [-0.39, 0.29) is 23.3 Å². The van der Waals surface area contributed by atoms with Gasteiger partial charge in [0.25, 0.3) is 11.8 Å². The van der Waals surface area contributed by atoms with Gasteiger partial charge in [-0.3, -0.25) is 19.7 Å². The van der Waals surface area contributed by atoms with Crippen LogP contribution in [0.3, 0.4) is 0 Å². The number of morpholine rings is 1. The van der Waals surface area contributed by atoms with Crippen LogP contribution < -0.4 is 16.4 Å². The molecule has 1 fully saturated rings. The molecular weight excluding hydrogens is 368 g/mol. The summed E-state index contributed by atoms with van der Waals surface area (Å²) < 4.78 is 10.5. The summed E-state index contributed by atoms with van der Waals surface area (Å²) in [6.45, 7) is 2.68. The van der Waals surface area contributed by atoms with Crippen molar-refractivity contribution in [1.82, 2.24) is 10.6 Å². The maximum absolute atomic E-state index is 12.4. The second-order valence-electron chi connectivity index (χ2n) is 6.27. The topological polar surface area (TPSA) is 150 Å². The lowest BCUT2D eigenvalue weighted by Crippen LogP contribution is -2.40. The summed E-state index contributed by atoms with van der Waals surface area (Å²) in [6, 6.07) is 7.47. The number of nitrogens with zero attached hydrogens (tertiary/aromatic N) is 1. The summed E-state index contributed by atoms with van der Waals surface area (Å²) in [7, 11) is 0. The number of nitrogens with one attached hydrogen (secondary N) is 2. The zero-order valence-electron chi connectivity index (χ0n) is 15.0. The number of rotatable bonds is 7. The quantitative estimate of drug-likeness (QED) is 0.474. The highest BCUT2D eigenvalue weighted by atomic mass is 16.6. The highest BCUT2D eigenvalue weighted by Gasteiger charge is 2.24. The van der Waals surface area contributed by atoms with Gasteiger partial charge in [-0.15, -0.1) is 0 Å². The van der Waals surface area contributed by atoms with Gasteiger partial charge in [-0.25, -0.2) is 0 Å². The Hall–Kier alpha value is -3.24. The minimum atomic E-state index is -0.931. The Labute approximate surface area is 160 Å². The van der Waals surface area contributed by atoms with Crippen LogP contribution in [-0.2, 0) is 4.74 Å². The molecule has 1 atom stereocenters. The van der Waals surface area contributed by atoms with E-state index in [1.54, 1.807) is 18.2 Å². The molecule has 3 rings (SSSR count). The predicted molar refractivity (Wildman–Crippen MR) is 98.9 cm³/mol. The molecule has 4 N–H and O–H groups in total. The number of benzene rings is 1. The zero-order chi connectivity index (χ0) is 20.1. The first-order chi connectivity index (χ1) is 13.5. The van der Waals surface area contributed by atoms with Crippen molar-refractivity contribution in [1.29, 1.82) is 0 Å². The first kappa shape index (κ1) is 19.5. The molecule has 28 heavy (non-hydrogen) atoms. The molecule has 2 amide bonds. The van der Waals surface area contributed by atoms with Crippen molar-refractivity contribution < 1.29 is 23.7 Å². The molecule has 0 aliphatic carbocycles. The van der Waals surface area contributed by atoms with E-state index in [0.717, 1.165) is 19.2 Å². The molecule has 1 aliphatic rings. The molecule has 1 aromatic carbocycles. The third-order valence-corrected chi connectivity index (χ3v) is 4.31. The van der Waals surface area contributed by atoms with E-state index in [1.165, 1.54) is 6.07 Å². The second-order valence-corrected chi connectivity index (χ2v) is 6.27. The van der Waals surface area contributed by atoms with E-state index < -0.39 is 16.7 Å². The monoisotopic (exact) mass is 388 g/mol. The molecule has 10 heteroatoms. The van der Waals surface area contributed by atoms with Gasteiger partial charge in [-0.05, 0) is 24.1 Å². The van der Waals surface area contributed by atoms with E-state index in [0.29, 0.717) is 30.7 Å². The van der Waals surface area contributed by atoms with Gasteiger partial charge < -0.3 is 25.5 Å². The van der Waals surface area contributed by atoms with Crippen LogP contribution in [0.4, 0.5) is 5.88 Å². The van der Waals surface area contributed by atoms with Gasteiger partial charge >= 0.3 is 5.88 Å². The lowest BCUT2D eigenvalue weighted by atomic mass is 10.0. The lowest BCUT2D eigenvalue weighted by Gasteiger charge is -2.23. The normalized spacial score (nSPS) is 16.5. The summed E-state index contributed by atoms with van der Waals surface area (Å²) in [5.41, 5.74) is 6.17. The zero-order valence-corrected chi connectivity index (χ0v) is 15.0. The van der Waals surface area contributed by atoms with E-state index in [9.17, 15) is 19.7 Å². The van der Waals surface area contributed by atoms with Gasteiger partial charge in [0, 0.05) is 30.8 Å². The number of nitro groups is 1. The van der Waals surface area contributed by atoms with Gasteiger partial charge in [-0.2, -0.15) is 0 Å². The van der Waals surface area contributed by atoms with Gasteiger partial charge in [-0.1, -0.05) is 12.1 Å². The molecule has 0 bridgehead atoms. The molecule has 2 aromatic rings. The van der Waals surface area contributed by atoms with E-state index in [2.05, 4.69) is 10.6 Å². The minimum Gasteiger partial charge on any atom is -0.395 e. The number of carbonyl (C=O) groups is 2. The summed E-state index contributed by atoms with van der Waals surface area (Å²) in [5, 5.41) is 17.0. The fraction of sp³-hybridized carbons (Fsp3) is 0.333. The Morgan fingerprint density at radius 1 is 1.36 bits per heavy atom. The van der Waals surface area contributed by atoms with Crippen LogP contribution >= 0.6 is 0 Å². The average molecular weight is 388 g/mol. The van der Waals surface area contributed by atoms with Crippen LogP contribution in [0.25, 0.3) is 11.1 Å². The maximum Gasteiger partial charge on any atom is 0.434 e. The van der Waals surface area contributed by atoms with Crippen molar-refractivity contribution in [2.24, 2.45) is 5.73 Å². The Morgan fingerprint density at radius 2 is 2.18 bits per heavy atom. The van der Waals surface area contributed by atoms with E-state index in [1.807, 2.05) is 0 Å². The summed E-state index contributed by atoms with van der Waals surface area (Å²) >= 11 is 0. The Balaban J connectivity index is 1.72. The molecule has 0 radical (unpaired) electrons.